The Hall–Kier alpha value is -2.70. The zero-order valence-electron chi connectivity index (χ0n) is 12.2. The van der Waals surface area contributed by atoms with Gasteiger partial charge in [0, 0.05) is 6.07 Å². The molecule has 0 spiro atoms. The van der Waals surface area contributed by atoms with Gasteiger partial charge in [0.15, 0.2) is 0 Å². The Bertz CT molecular complexity index is 741. The molecular weight excluding hydrogens is 298 g/mol. The molecule has 2 fully saturated rings. The number of anilines is 2. The Kier molecular flexibility index (Phi) is 2.81. The first kappa shape index (κ1) is 13.9. The standard InChI is InChI=1S/C16H15N3O4/c17-11-6-5-10(7-12(11)19(22)23)18-15(20)13-8-1-2-9(4-3-8)14(13)16(18)21/h1-2,5-9,13-14H,3-4,17H2/t8-,9+,13-,14?/m0/s1. The van der Waals surface area contributed by atoms with Crippen molar-refractivity contribution in [1.29, 1.82) is 0 Å². The van der Waals surface area contributed by atoms with Crippen LogP contribution in [0.1, 0.15) is 12.8 Å². The molecule has 7 heteroatoms. The maximum atomic E-state index is 12.8. The second-order valence-electron chi connectivity index (χ2n) is 6.35. The van der Waals surface area contributed by atoms with Gasteiger partial charge in [-0.3, -0.25) is 19.7 Å². The smallest absolute Gasteiger partial charge is 0.294 e. The van der Waals surface area contributed by atoms with Crippen molar-refractivity contribution in [2.75, 3.05) is 10.6 Å². The van der Waals surface area contributed by atoms with Crippen molar-refractivity contribution in [2.45, 2.75) is 12.8 Å². The molecule has 1 aromatic rings. The molecule has 118 valence electrons. The van der Waals surface area contributed by atoms with Crippen LogP contribution in [-0.2, 0) is 9.59 Å². The Morgan fingerprint density at radius 1 is 1.09 bits per heavy atom. The van der Waals surface area contributed by atoms with E-state index in [9.17, 15) is 19.7 Å². The van der Waals surface area contributed by atoms with Crippen molar-refractivity contribution in [1.82, 2.24) is 0 Å². The summed E-state index contributed by atoms with van der Waals surface area (Å²) in [7, 11) is 0. The molecule has 5 rings (SSSR count). The van der Waals surface area contributed by atoms with E-state index in [-0.39, 0.29) is 52.5 Å². The molecule has 23 heavy (non-hydrogen) atoms. The molecule has 2 amide bonds. The third kappa shape index (κ3) is 1.82. The quantitative estimate of drug-likeness (QED) is 0.295. The summed E-state index contributed by atoms with van der Waals surface area (Å²) in [5.74, 6) is -0.979. The topological polar surface area (TPSA) is 107 Å². The van der Waals surface area contributed by atoms with E-state index in [0.29, 0.717) is 0 Å². The number of nitro benzene ring substituents is 1. The molecule has 4 aliphatic rings. The summed E-state index contributed by atoms with van der Waals surface area (Å²) >= 11 is 0. The first-order valence-corrected chi connectivity index (χ1v) is 7.59. The van der Waals surface area contributed by atoms with Crippen molar-refractivity contribution in [3.63, 3.8) is 0 Å². The fourth-order valence-electron chi connectivity index (χ4n) is 4.16. The molecule has 3 aliphatic carbocycles. The van der Waals surface area contributed by atoms with Crippen LogP contribution in [0.3, 0.4) is 0 Å². The number of carbonyl (C=O) groups is 2. The van der Waals surface area contributed by atoms with E-state index in [0.717, 1.165) is 17.7 Å². The minimum Gasteiger partial charge on any atom is -0.393 e. The summed E-state index contributed by atoms with van der Waals surface area (Å²) in [5.41, 5.74) is 5.54. The molecule has 0 aromatic heterocycles. The minimum absolute atomic E-state index is 0.0111. The van der Waals surface area contributed by atoms with Gasteiger partial charge in [0.2, 0.25) is 11.8 Å². The van der Waals surface area contributed by atoms with Gasteiger partial charge in [-0.1, -0.05) is 12.2 Å². The normalized spacial score (nSPS) is 31.6. The van der Waals surface area contributed by atoms with Crippen molar-refractivity contribution in [2.24, 2.45) is 23.7 Å². The van der Waals surface area contributed by atoms with Gasteiger partial charge in [-0.15, -0.1) is 0 Å². The molecule has 1 aliphatic heterocycles. The number of nitrogens with two attached hydrogens (primary N) is 1. The third-order valence-electron chi connectivity index (χ3n) is 5.23. The lowest BCUT2D eigenvalue weighted by atomic mass is 9.63. The minimum atomic E-state index is -0.609. The van der Waals surface area contributed by atoms with Crippen LogP contribution in [0.5, 0.6) is 0 Å². The zero-order chi connectivity index (χ0) is 16.3. The highest BCUT2D eigenvalue weighted by Crippen LogP contribution is 2.50. The summed E-state index contributed by atoms with van der Waals surface area (Å²) in [6.45, 7) is 0. The van der Waals surface area contributed by atoms with Gasteiger partial charge in [0.1, 0.15) is 5.69 Å². The van der Waals surface area contributed by atoms with Crippen LogP contribution in [0.15, 0.2) is 30.4 Å². The van der Waals surface area contributed by atoms with Crippen LogP contribution in [-0.4, -0.2) is 16.7 Å². The molecule has 1 heterocycles. The first-order valence-electron chi connectivity index (χ1n) is 7.59. The van der Waals surface area contributed by atoms with E-state index in [1.165, 1.54) is 18.2 Å². The molecule has 1 saturated heterocycles. The number of allylic oxidation sites excluding steroid dienone is 2. The SMILES string of the molecule is Nc1ccc(N2C(=O)C3[C@@H]4C=C[C@@H](CC4)[C@@H]3C2=O)cc1[N+](=O)[O-]. The Labute approximate surface area is 131 Å². The van der Waals surface area contributed by atoms with Crippen LogP contribution < -0.4 is 10.6 Å². The summed E-state index contributed by atoms with van der Waals surface area (Å²) in [6.07, 6.45) is 5.90. The second-order valence-corrected chi connectivity index (χ2v) is 6.35. The van der Waals surface area contributed by atoms with Gasteiger partial charge < -0.3 is 5.73 Å². The number of nitro groups is 1. The summed E-state index contributed by atoms with van der Waals surface area (Å²) < 4.78 is 0. The average Bonchev–Trinajstić information content (AvgIpc) is 2.83. The molecule has 1 saturated carbocycles. The number of imide groups is 1. The van der Waals surface area contributed by atoms with Gasteiger partial charge in [-0.2, -0.15) is 0 Å². The molecule has 7 nitrogen and oxygen atoms in total. The van der Waals surface area contributed by atoms with Crippen molar-refractivity contribution < 1.29 is 14.5 Å². The molecule has 1 aromatic carbocycles. The fourth-order valence-corrected chi connectivity index (χ4v) is 4.16. The lowest BCUT2D eigenvalue weighted by Gasteiger charge is -2.38. The van der Waals surface area contributed by atoms with E-state index >= 15 is 0 Å². The number of nitrogen functional groups attached to an aromatic ring is 1. The van der Waals surface area contributed by atoms with Crippen molar-refractivity contribution in [3.8, 4) is 0 Å². The van der Waals surface area contributed by atoms with E-state index in [2.05, 4.69) is 0 Å². The molecule has 0 radical (unpaired) electrons. The number of amides is 2. The Balaban J connectivity index is 1.76. The summed E-state index contributed by atoms with van der Waals surface area (Å²) in [6, 6.07) is 4.06. The molecule has 2 bridgehead atoms. The molecule has 2 N–H and O–H groups in total. The highest BCUT2D eigenvalue weighted by atomic mass is 16.6. The van der Waals surface area contributed by atoms with Gasteiger partial charge in [-0.05, 0) is 36.8 Å². The lowest BCUT2D eigenvalue weighted by Crippen LogP contribution is -2.38. The van der Waals surface area contributed by atoms with Crippen LogP contribution in [0.2, 0.25) is 0 Å². The number of rotatable bonds is 2. The second kappa shape index (κ2) is 4.65. The number of nitrogens with zero attached hydrogens (tertiary/aromatic N) is 2. The van der Waals surface area contributed by atoms with Crippen molar-refractivity contribution >= 4 is 28.9 Å². The number of hydrogen-bond acceptors (Lipinski definition) is 5. The predicted molar refractivity (Wildman–Crippen MR) is 82.3 cm³/mol. The van der Waals surface area contributed by atoms with Crippen LogP contribution in [0, 0.1) is 33.8 Å². The maximum absolute atomic E-state index is 12.8. The Morgan fingerprint density at radius 2 is 1.65 bits per heavy atom. The average molecular weight is 313 g/mol. The van der Waals surface area contributed by atoms with E-state index in [1.54, 1.807) is 0 Å². The largest absolute Gasteiger partial charge is 0.393 e. The molecular formula is C16H15N3O4. The van der Waals surface area contributed by atoms with E-state index in [1.807, 2.05) is 12.2 Å². The van der Waals surface area contributed by atoms with Gasteiger partial charge in [0.25, 0.3) is 5.69 Å². The first-order chi connectivity index (χ1) is 11.0. The zero-order valence-corrected chi connectivity index (χ0v) is 12.2. The maximum Gasteiger partial charge on any atom is 0.294 e. The summed E-state index contributed by atoms with van der Waals surface area (Å²) in [5, 5.41) is 11.0. The highest BCUT2D eigenvalue weighted by molar-refractivity contribution is 6.22. The van der Waals surface area contributed by atoms with E-state index in [4.69, 9.17) is 5.73 Å². The van der Waals surface area contributed by atoms with E-state index < -0.39 is 4.92 Å². The Morgan fingerprint density at radius 3 is 2.13 bits per heavy atom. The monoisotopic (exact) mass is 313 g/mol. The van der Waals surface area contributed by atoms with Gasteiger partial charge >= 0.3 is 0 Å². The van der Waals surface area contributed by atoms with Crippen LogP contribution >= 0.6 is 0 Å². The fraction of sp³-hybridized carbons (Fsp3) is 0.375. The number of hydrogen-bond donors (Lipinski definition) is 1. The molecule has 1 unspecified atom stereocenters. The van der Waals surface area contributed by atoms with Gasteiger partial charge in [-0.25, -0.2) is 4.90 Å². The number of fused-ring (bicyclic) bond motifs is 1. The van der Waals surface area contributed by atoms with Crippen LogP contribution in [0.25, 0.3) is 0 Å². The lowest BCUT2D eigenvalue weighted by molar-refractivity contribution is -0.383. The number of benzene rings is 1. The predicted octanol–water partition coefficient (Wildman–Crippen LogP) is 1.88. The molecule has 4 atom stereocenters. The van der Waals surface area contributed by atoms with Gasteiger partial charge in [0.05, 0.1) is 22.4 Å². The highest BCUT2D eigenvalue weighted by Gasteiger charge is 2.56. The summed E-state index contributed by atoms with van der Waals surface area (Å²) in [4.78, 5) is 37.1. The van der Waals surface area contributed by atoms with Crippen LogP contribution in [0.4, 0.5) is 17.1 Å². The third-order valence-corrected chi connectivity index (χ3v) is 5.23. The van der Waals surface area contributed by atoms with Crippen molar-refractivity contribution in [3.05, 3.63) is 40.5 Å². The number of carbonyl (C=O) groups excluding carboxylic acids is 2.